The van der Waals surface area contributed by atoms with E-state index in [1.54, 1.807) is 13.0 Å². The number of carbonyl (C=O) groups is 1. The molecule has 0 aliphatic carbocycles. The number of carboxylic acids is 1. The maximum atomic E-state index is 9.00. The van der Waals surface area contributed by atoms with Crippen molar-refractivity contribution in [1.82, 2.24) is 0 Å². The van der Waals surface area contributed by atoms with E-state index < -0.39 is 5.97 Å². The zero-order valence-electron chi connectivity index (χ0n) is 11.2. The Labute approximate surface area is 115 Å². The van der Waals surface area contributed by atoms with Gasteiger partial charge < -0.3 is 10.2 Å². The minimum absolute atomic E-state index is 0.238. The van der Waals surface area contributed by atoms with E-state index >= 15 is 0 Å². The molecule has 0 saturated heterocycles. The Morgan fingerprint density at radius 1 is 1.16 bits per heavy atom. The lowest BCUT2D eigenvalue weighted by atomic mass is 10.3. The van der Waals surface area contributed by atoms with Gasteiger partial charge in [0.25, 0.3) is 5.97 Å². The van der Waals surface area contributed by atoms with Crippen molar-refractivity contribution in [3.8, 4) is 35.5 Å². The van der Waals surface area contributed by atoms with Crippen LogP contribution in [0.3, 0.4) is 0 Å². The molecule has 0 spiro atoms. The molecule has 100 valence electrons. The molecule has 0 aromatic carbocycles. The average Bonchev–Trinajstić information content (AvgIpc) is 2.35. The van der Waals surface area contributed by atoms with Gasteiger partial charge in [-0.3, -0.25) is 4.79 Å². The Kier molecular flexibility index (Phi) is 17.9. The van der Waals surface area contributed by atoms with Crippen molar-refractivity contribution in [2.24, 2.45) is 0 Å². The largest absolute Gasteiger partial charge is 0.481 e. The maximum Gasteiger partial charge on any atom is 0.300 e. The standard InChI is InChI=1S/C14H14O.C2H4O2/c1-2-3-4-5-6-7-8-9-10-11-12-13-14-15;1-2(3)4/h8-11,15H,12-14H2,1H3;1H3,(H,3,4). The molecule has 0 radical (unpaired) electrons. The summed E-state index contributed by atoms with van der Waals surface area (Å²) in [6, 6.07) is 0. The molecular formula is C16H18O3. The van der Waals surface area contributed by atoms with Gasteiger partial charge in [0.1, 0.15) is 0 Å². The van der Waals surface area contributed by atoms with Gasteiger partial charge in [-0.2, -0.15) is 0 Å². The number of rotatable bonds is 4. The van der Waals surface area contributed by atoms with E-state index in [-0.39, 0.29) is 6.61 Å². The lowest BCUT2D eigenvalue weighted by Crippen LogP contribution is -1.78. The Bertz CT molecular complexity index is 461. The van der Waals surface area contributed by atoms with Crippen LogP contribution in [0, 0.1) is 35.5 Å². The monoisotopic (exact) mass is 258 g/mol. The number of allylic oxidation sites excluding steroid dienone is 4. The second-order valence-corrected chi connectivity index (χ2v) is 3.07. The van der Waals surface area contributed by atoms with E-state index in [4.69, 9.17) is 15.0 Å². The highest BCUT2D eigenvalue weighted by Crippen LogP contribution is 1.88. The summed E-state index contributed by atoms with van der Waals surface area (Å²) in [6.45, 7) is 3.06. The van der Waals surface area contributed by atoms with E-state index in [1.165, 1.54) is 0 Å². The van der Waals surface area contributed by atoms with E-state index in [0.29, 0.717) is 0 Å². The minimum Gasteiger partial charge on any atom is -0.481 e. The van der Waals surface area contributed by atoms with Crippen LogP contribution in [-0.2, 0) is 4.79 Å². The highest BCUT2D eigenvalue weighted by molar-refractivity contribution is 5.62. The molecule has 0 amide bonds. The predicted octanol–water partition coefficient (Wildman–Crippen LogP) is 1.99. The molecule has 0 fully saturated rings. The van der Waals surface area contributed by atoms with Crippen LogP contribution in [0.1, 0.15) is 26.7 Å². The van der Waals surface area contributed by atoms with E-state index in [2.05, 4.69) is 35.5 Å². The van der Waals surface area contributed by atoms with Crippen molar-refractivity contribution < 1.29 is 15.0 Å². The van der Waals surface area contributed by atoms with Crippen molar-refractivity contribution in [3.63, 3.8) is 0 Å². The van der Waals surface area contributed by atoms with Crippen molar-refractivity contribution in [3.05, 3.63) is 24.3 Å². The summed E-state index contributed by atoms with van der Waals surface area (Å²) >= 11 is 0. The molecule has 0 aromatic rings. The van der Waals surface area contributed by atoms with Crippen LogP contribution < -0.4 is 0 Å². The third-order valence-corrected chi connectivity index (χ3v) is 1.34. The maximum absolute atomic E-state index is 9.00. The zero-order valence-corrected chi connectivity index (χ0v) is 11.2. The summed E-state index contributed by atoms with van der Waals surface area (Å²) < 4.78 is 0. The Balaban J connectivity index is 0. The number of aliphatic carboxylic acids is 1. The van der Waals surface area contributed by atoms with Crippen LogP contribution in [0.25, 0.3) is 0 Å². The van der Waals surface area contributed by atoms with Crippen LogP contribution >= 0.6 is 0 Å². The van der Waals surface area contributed by atoms with Crippen molar-refractivity contribution in [2.75, 3.05) is 6.61 Å². The minimum atomic E-state index is -0.833. The third-order valence-electron chi connectivity index (χ3n) is 1.34. The molecule has 2 N–H and O–H groups in total. The van der Waals surface area contributed by atoms with Gasteiger partial charge in [-0.25, -0.2) is 0 Å². The lowest BCUT2D eigenvalue weighted by molar-refractivity contribution is -0.134. The molecular weight excluding hydrogens is 240 g/mol. The van der Waals surface area contributed by atoms with Crippen molar-refractivity contribution in [2.45, 2.75) is 26.7 Å². The van der Waals surface area contributed by atoms with Gasteiger partial charge in [0.05, 0.1) is 0 Å². The van der Waals surface area contributed by atoms with Gasteiger partial charge in [-0.05, 0) is 49.5 Å². The first-order valence-corrected chi connectivity index (χ1v) is 5.69. The molecule has 3 nitrogen and oxygen atoms in total. The Morgan fingerprint density at radius 3 is 2.37 bits per heavy atom. The molecule has 0 rings (SSSR count). The van der Waals surface area contributed by atoms with Gasteiger partial charge in [0.15, 0.2) is 0 Å². The number of hydrogen-bond acceptors (Lipinski definition) is 2. The fourth-order valence-corrected chi connectivity index (χ4v) is 0.690. The normalized spacial score (nSPS) is 8.16. The van der Waals surface area contributed by atoms with Gasteiger partial charge in [-0.1, -0.05) is 30.1 Å². The SMILES string of the molecule is CC#CC#CC#CC=CC=CCCCO.CC(=O)O. The molecule has 0 heterocycles. The van der Waals surface area contributed by atoms with Crippen LogP contribution in [0.5, 0.6) is 0 Å². The quantitative estimate of drug-likeness (QED) is 0.460. The second kappa shape index (κ2) is 18.0. The first-order chi connectivity index (χ1) is 9.15. The molecule has 0 aliphatic rings. The van der Waals surface area contributed by atoms with E-state index in [1.807, 2.05) is 18.2 Å². The zero-order chi connectivity index (χ0) is 14.8. The number of carboxylic acid groups (broad SMARTS) is 1. The Hall–Kier alpha value is -2.41. The molecule has 0 aliphatic heterocycles. The fourth-order valence-electron chi connectivity index (χ4n) is 0.690. The highest BCUT2D eigenvalue weighted by Gasteiger charge is 1.75. The van der Waals surface area contributed by atoms with Crippen molar-refractivity contribution >= 4 is 5.97 Å². The fraction of sp³-hybridized carbons (Fsp3) is 0.312. The topological polar surface area (TPSA) is 57.5 Å². The average molecular weight is 258 g/mol. The summed E-state index contributed by atoms with van der Waals surface area (Å²) in [5.41, 5.74) is 0. The summed E-state index contributed by atoms with van der Waals surface area (Å²) in [7, 11) is 0. The molecule has 0 aromatic heterocycles. The van der Waals surface area contributed by atoms with Gasteiger partial charge in [0.2, 0.25) is 0 Å². The molecule has 0 unspecified atom stereocenters. The van der Waals surface area contributed by atoms with Crippen LogP contribution in [-0.4, -0.2) is 22.8 Å². The van der Waals surface area contributed by atoms with Gasteiger partial charge in [0, 0.05) is 13.5 Å². The molecule has 0 bridgehead atoms. The molecule has 0 atom stereocenters. The summed E-state index contributed by atoms with van der Waals surface area (Å²) in [5, 5.41) is 15.9. The van der Waals surface area contributed by atoms with Gasteiger partial charge in [-0.15, -0.1) is 0 Å². The van der Waals surface area contributed by atoms with E-state index in [9.17, 15) is 0 Å². The van der Waals surface area contributed by atoms with Crippen molar-refractivity contribution in [1.29, 1.82) is 0 Å². The molecule has 0 saturated carbocycles. The van der Waals surface area contributed by atoms with Crippen LogP contribution in [0.15, 0.2) is 24.3 Å². The lowest BCUT2D eigenvalue weighted by Gasteiger charge is -1.84. The first kappa shape index (κ1) is 18.9. The van der Waals surface area contributed by atoms with Gasteiger partial charge >= 0.3 is 0 Å². The van der Waals surface area contributed by atoms with Crippen LogP contribution in [0.4, 0.5) is 0 Å². The predicted molar refractivity (Wildman–Crippen MR) is 76.9 cm³/mol. The smallest absolute Gasteiger partial charge is 0.300 e. The van der Waals surface area contributed by atoms with E-state index in [0.717, 1.165) is 19.8 Å². The van der Waals surface area contributed by atoms with Crippen LogP contribution in [0.2, 0.25) is 0 Å². The third kappa shape index (κ3) is 31.3. The first-order valence-electron chi connectivity index (χ1n) is 5.69. The second-order valence-electron chi connectivity index (χ2n) is 3.07. The number of hydrogen-bond donors (Lipinski definition) is 2. The summed E-state index contributed by atoms with van der Waals surface area (Å²) in [5.74, 6) is 15.0. The molecule has 19 heavy (non-hydrogen) atoms. The Morgan fingerprint density at radius 2 is 1.79 bits per heavy atom. The highest BCUT2D eigenvalue weighted by atomic mass is 16.4. The number of aliphatic hydroxyl groups is 1. The summed E-state index contributed by atoms with van der Waals surface area (Å²) in [6.07, 6.45) is 9.16. The number of aliphatic hydroxyl groups excluding tert-OH is 1. The number of unbranched alkanes of at least 4 members (excludes halogenated alkanes) is 1. The molecule has 3 heteroatoms. The summed E-state index contributed by atoms with van der Waals surface area (Å²) in [4.78, 5) is 9.00.